The molecule has 1 aliphatic heterocycles. The van der Waals surface area contributed by atoms with Crippen molar-refractivity contribution < 1.29 is 8.42 Å². The summed E-state index contributed by atoms with van der Waals surface area (Å²) < 4.78 is 28.4. The van der Waals surface area contributed by atoms with Gasteiger partial charge in [-0.1, -0.05) is 13.0 Å². The molecule has 0 radical (unpaired) electrons. The standard InChI is InChI=1S/C9H11N3O2S2/c1-2-15-7-5-3-4-6-8(7)9(10)12-16(13,14)11-6/h3-5,11H,2H2,1H3,(H2,10,12). The van der Waals surface area contributed by atoms with Crippen molar-refractivity contribution in [1.29, 1.82) is 0 Å². The molecule has 0 spiro atoms. The van der Waals surface area contributed by atoms with Crippen molar-refractivity contribution in [3.8, 4) is 0 Å². The molecule has 86 valence electrons. The molecule has 7 heteroatoms. The Labute approximate surface area is 98.3 Å². The van der Waals surface area contributed by atoms with Gasteiger partial charge >= 0.3 is 10.2 Å². The van der Waals surface area contributed by atoms with E-state index in [4.69, 9.17) is 5.73 Å². The van der Waals surface area contributed by atoms with Gasteiger partial charge < -0.3 is 5.73 Å². The van der Waals surface area contributed by atoms with Gasteiger partial charge in [0, 0.05) is 4.90 Å². The van der Waals surface area contributed by atoms with E-state index in [1.165, 1.54) is 0 Å². The number of hydrogen-bond acceptors (Lipinski definition) is 4. The smallest absolute Gasteiger partial charge is 0.344 e. The van der Waals surface area contributed by atoms with Gasteiger partial charge in [0.05, 0.1) is 11.3 Å². The van der Waals surface area contributed by atoms with E-state index in [9.17, 15) is 8.42 Å². The number of benzene rings is 1. The molecule has 0 aliphatic carbocycles. The Bertz CT molecular complexity index is 552. The van der Waals surface area contributed by atoms with Gasteiger partial charge in [-0.3, -0.25) is 4.72 Å². The zero-order valence-corrected chi connectivity index (χ0v) is 10.2. The summed E-state index contributed by atoms with van der Waals surface area (Å²) in [5.74, 6) is 0.932. The highest BCUT2D eigenvalue weighted by Gasteiger charge is 2.23. The molecule has 0 saturated heterocycles. The van der Waals surface area contributed by atoms with E-state index in [0.29, 0.717) is 11.3 Å². The molecule has 0 fully saturated rings. The Morgan fingerprint density at radius 2 is 2.25 bits per heavy atom. The zero-order valence-electron chi connectivity index (χ0n) is 8.60. The van der Waals surface area contributed by atoms with E-state index >= 15 is 0 Å². The average molecular weight is 257 g/mol. The van der Waals surface area contributed by atoms with Gasteiger partial charge in [0.15, 0.2) is 0 Å². The lowest BCUT2D eigenvalue weighted by Gasteiger charge is -2.18. The van der Waals surface area contributed by atoms with Gasteiger partial charge in [-0.2, -0.15) is 8.42 Å². The molecule has 1 heterocycles. The summed E-state index contributed by atoms with van der Waals surface area (Å²) in [6.45, 7) is 2.02. The first-order valence-corrected chi connectivity index (χ1v) is 7.10. The second-order valence-electron chi connectivity index (χ2n) is 3.17. The fourth-order valence-electron chi connectivity index (χ4n) is 1.49. The molecule has 0 unspecified atom stereocenters. The minimum atomic E-state index is -3.67. The van der Waals surface area contributed by atoms with Crippen LogP contribution >= 0.6 is 11.8 Å². The van der Waals surface area contributed by atoms with Gasteiger partial charge in [0.2, 0.25) is 0 Å². The Kier molecular flexibility index (Phi) is 2.81. The number of rotatable bonds is 2. The van der Waals surface area contributed by atoms with Crippen LogP contribution in [-0.4, -0.2) is 20.0 Å². The third-order valence-corrected chi connectivity index (χ3v) is 3.89. The van der Waals surface area contributed by atoms with E-state index in [1.54, 1.807) is 23.9 Å². The van der Waals surface area contributed by atoms with Crippen molar-refractivity contribution in [3.05, 3.63) is 23.8 Å². The van der Waals surface area contributed by atoms with Crippen LogP contribution in [0.2, 0.25) is 0 Å². The Balaban J connectivity index is 2.60. The average Bonchev–Trinajstić information content (AvgIpc) is 2.15. The SMILES string of the molecule is CCSc1cccc2c1C(N)=NS(=O)(=O)N2. The van der Waals surface area contributed by atoms with Crippen molar-refractivity contribution in [1.82, 2.24) is 0 Å². The summed E-state index contributed by atoms with van der Waals surface area (Å²) in [4.78, 5) is 0.934. The maximum Gasteiger partial charge on any atom is 0.344 e. The molecule has 0 bridgehead atoms. The van der Waals surface area contributed by atoms with Crippen molar-refractivity contribution in [2.24, 2.45) is 10.1 Å². The third kappa shape index (κ3) is 2.00. The van der Waals surface area contributed by atoms with Crippen LogP contribution in [0.3, 0.4) is 0 Å². The molecular weight excluding hydrogens is 246 g/mol. The van der Waals surface area contributed by atoms with Crippen LogP contribution in [0.25, 0.3) is 0 Å². The fraction of sp³-hybridized carbons (Fsp3) is 0.222. The number of nitrogens with zero attached hydrogens (tertiary/aromatic N) is 1. The first-order chi connectivity index (χ1) is 7.53. The third-order valence-electron chi connectivity index (χ3n) is 2.04. The molecule has 0 saturated carbocycles. The number of thioether (sulfide) groups is 1. The molecule has 1 aromatic carbocycles. The summed E-state index contributed by atoms with van der Waals surface area (Å²) in [6.07, 6.45) is 0. The van der Waals surface area contributed by atoms with Crippen molar-refractivity contribution in [2.75, 3.05) is 10.5 Å². The van der Waals surface area contributed by atoms with Gasteiger partial charge in [-0.25, -0.2) is 0 Å². The predicted octanol–water partition coefficient (Wildman–Crippen LogP) is 1.17. The van der Waals surface area contributed by atoms with Crippen LogP contribution in [-0.2, 0) is 10.2 Å². The molecule has 3 N–H and O–H groups in total. The van der Waals surface area contributed by atoms with Crippen LogP contribution in [0.1, 0.15) is 12.5 Å². The summed E-state index contributed by atoms with van der Waals surface area (Å²) in [6, 6.07) is 5.36. The molecule has 0 atom stereocenters. The first-order valence-electron chi connectivity index (χ1n) is 4.68. The van der Waals surface area contributed by atoms with Crippen molar-refractivity contribution in [3.63, 3.8) is 0 Å². The van der Waals surface area contributed by atoms with Gasteiger partial charge in [-0.15, -0.1) is 16.2 Å². The molecule has 0 aromatic heterocycles. The van der Waals surface area contributed by atoms with Crippen molar-refractivity contribution >= 4 is 33.5 Å². The molecular formula is C9H11N3O2S2. The fourth-order valence-corrected chi connectivity index (χ4v) is 3.18. The number of hydrogen-bond donors (Lipinski definition) is 2. The van der Waals surface area contributed by atoms with Gasteiger partial charge in [0.1, 0.15) is 5.84 Å². The molecule has 0 amide bonds. The van der Waals surface area contributed by atoms with E-state index in [-0.39, 0.29) is 5.84 Å². The van der Waals surface area contributed by atoms with Crippen LogP contribution in [0.5, 0.6) is 0 Å². The van der Waals surface area contributed by atoms with E-state index in [1.807, 2.05) is 13.0 Å². The topological polar surface area (TPSA) is 84.5 Å². The monoisotopic (exact) mass is 257 g/mol. The zero-order chi connectivity index (χ0) is 11.8. The van der Waals surface area contributed by atoms with E-state index < -0.39 is 10.2 Å². The summed E-state index contributed by atoms with van der Waals surface area (Å²) in [5, 5.41) is 0. The second-order valence-corrected chi connectivity index (χ2v) is 5.81. The van der Waals surface area contributed by atoms with Crippen LogP contribution in [0.4, 0.5) is 5.69 Å². The number of nitrogens with two attached hydrogens (primary N) is 1. The van der Waals surface area contributed by atoms with Gasteiger partial charge in [-0.05, 0) is 17.9 Å². The Hall–Kier alpha value is -1.21. The molecule has 16 heavy (non-hydrogen) atoms. The lowest BCUT2D eigenvalue weighted by Crippen LogP contribution is -2.26. The number of nitrogens with one attached hydrogen (secondary N) is 1. The Morgan fingerprint density at radius 1 is 1.50 bits per heavy atom. The molecule has 1 aliphatic rings. The lowest BCUT2D eigenvalue weighted by molar-refractivity contribution is 0.602. The highest BCUT2D eigenvalue weighted by molar-refractivity contribution is 7.99. The number of anilines is 1. The largest absolute Gasteiger partial charge is 0.382 e. The van der Waals surface area contributed by atoms with E-state index in [2.05, 4.69) is 9.12 Å². The number of amidine groups is 1. The second kappa shape index (κ2) is 3.99. The highest BCUT2D eigenvalue weighted by Crippen LogP contribution is 2.31. The summed E-state index contributed by atoms with van der Waals surface area (Å²) in [5.41, 5.74) is 6.83. The molecule has 2 rings (SSSR count). The first kappa shape index (κ1) is 11.3. The van der Waals surface area contributed by atoms with Crippen LogP contribution in [0, 0.1) is 0 Å². The lowest BCUT2D eigenvalue weighted by atomic mass is 10.1. The molecule has 1 aromatic rings. The maximum atomic E-state index is 11.3. The van der Waals surface area contributed by atoms with Crippen LogP contribution in [0.15, 0.2) is 27.5 Å². The summed E-state index contributed by atoms with van der Waals surface area (Å²) in [7, 11) is -3.67. The highest BCUT2D eigenvalue weighted by atomic mass is 32.2. The maximum absolute atomic E-state index is 11.3. The predicted molar refractivity (Wildman–Crippen MR) is 66.1 cm³/mol. The summed E-state index contributed by atoms with van der Waals surface area (Å²) >= 11 is 1.60. The number of fused-ring (bicyclic) bond motifs is 1. The minimum absolute atomic E-state index is 0.0466. The minimum Gasteiger partial charge on any atom is -0.382 e. The molecule has 5 nitrogen and oxygen atoms in total. The normalized spacial score (nSPS) is 17.2. The van der Waals surface area contributed by atoms with Crippen LogP contribution < -0.4 is 10.5 Å². The van der Waals surface area contributed by atoms with Crippen molar-refractivity contribution in [2.45, 2.75) is 11.8 Å². The Morgan fingerprint density at radius 3 is 2.94 bits per heavy atom. The quantitative estimate of drug-likeness (QED) is 0.779. The van der Waals surface area contributed by atoms with Gasteiger partial charge in [0.25, 0.3) is 0 Å². The van der Waals surface area contributed by atoms with E-state index in [0.717, 1.165) is 10.6 Å².